The number of hydrogen-bond donors (Lipinski definition) is 1. The number of halogens is 1. The summed E-state index contributed by atoms with van der Waals surface area (Å²) in [5, 5.41) is 9.31. The average molecular weight is 325 g/mol. The number of carboxylic acid groups (broad SMARTS) is 1. The van der Waals surface area contributed by atoms with Crippen LogP contribution in [0.15, 0.2) is 22.8 Å². The molecule has 1 aliphatic heterocycles. The molecule has 1 N–H and O–H groups in total. The molecule has 1 saturated carbocycles. The number of fused-ring (bicyclic) bond motifs is 1. The Hall–Kier alpha value is -1.10. The number of nitrogens with zero attached hydrogens (tertiary/aromatic N) is 2. The van der Waals surface area contributed by atoms with Crippen LogP contribution in [0.25, 0.3) is 0 Å². The third-order valence-electron chi connectivity index (χ3n) is 4.55. The topological polar surface area (TPSA) is 53.4 Å². The van der Waals surface area contributed by atoms with Gasteiger partial charge in [0.05, 0.1) is 5.41 Å². The van der Waals surface area contributed by atoms with E-state index in [4.69, 9.17) is 0 Å². The van der Waals surface area contributed by atoms with E-state index in [0.717, 1.165) is 36.2 Å². The first-order valence-corrected chi connectivity index (χ1v) is 7.37. The smallest absolute Gasteiger partial charge is 0.309 e. The van der Waals surface area contributed by atoms with Crippen molar-refractivity contribution in [2.45, 2.75) is 19.8 Å². The highest BCUT2D eigenvalue weighted by Crippen LogP contribution is 2.49. The van der Waals surface area contributed by atoms with Gasteiger partial charge in [-0.2, -0.15) is 0 Å². The highest BCUT2D eigenvalue weighted by atomic mass is 79.9. The largest absolute Gasteiger partial charge is 0.481 e. The molecule has 0 aromatic carbocycles. The van der Waals surface area contributed by atoms with Crippen molar-refractivity contribution < 1.29 is 9.90 Å². The summed E-state index contributed by atoms with van der Waals surface area (Å²) < 4.78 is 0.981. The summed E-state index contributed by atoms with van der Waals surface area (Å²) in [6.45, 7) is 3.75. The Labute approximate surface area is 121 Å². The number of anilines is 1. The molecule has 0 bridgehead atoms. The normalized spacial score (nSPS) is 33.5. The van der Waals surface area contributed by atoms with Crippen molar-refractivity contribution in [3.8, 4) is 0 Å². The summed E-state index contributed by atoms with van der Waals surface area (Å²) >= 11 is 3.39. The molecule has 102 valence electrons. The molecule has 3 atom stereocenters. The van der Waals surface area contributed by atoms with Crippen molar-refractivity contribution in [3.63, 3.8) is 0 Å². The van der Waals surface area contributed by atoms with Gasteiger partial charge < -0.3 is 10.0 Å². The van der Waals surface area contributed by atoms with Crippen molar-refractivity contribution in [1.82, 2.24) is 4.98 Å². The van der Waals surface area contributed by atoms with Gasteiger partial charge in [-0.15, -0.1) is 0 Å². The van der Waals surface area contributed by atoms with Gasteiger partial charge in [0.15, 0.2) is 0 Å². The number of rotatable bonds is 2. The minimum Gasteiger partial charge on any atom is -0.481 e. The second-order valence-corrected chi connectivity index (χ2v) is 6.95. The van der Waals surface area contributed by atoms with E-state index in [1.165, 1.54) is 0 Å². The van der Waals surface area contributed by atoms with E-state index in [9.17, 15) is 9.90 Å². The number of hydrogen-bond acceptors (Lipinski definition) is 3. The van der Waals surface area contributed by atoms with Crippen LogP contribution in [0.4, 0.5) is 5.82 Å². The Morgan fingerprint density at radius 1 is 1.42 bits per heavy atom. The summed E-state index contributed by atoms with van der Waals surface area (Å²) in [5.41, 5.74) is -0.519. The number of carbonyl (C=O) groups is 1. The highest BCUT2D eigenvalue weighted by Gasteiger charge is 2.50. The summed E-state index contributed by atoms with van der Waals surface area (Å²) in [6, 6.07) is 4.01. The van der Waals surface area contributed by atoms with Crippen LogP contribution in [0.1, 0.15) is 19.8 Å². The predicted octanol–water partition coefficient (Wildman–Crippen LogP) is 2.78. The molecule has 1 aliphatic carbocycles. The molecular formula is C14H17BrN2O2. The lowest BCUT2D eigenvalue weighted by Crippen LogP contribution is -2.29. The van der Waals surface area contributed by atoms with Gasteiger partial charge >= 0.3 is 5.97 Å². The Kier molecular flexibility index (Phi) is 3.04. The zero-order valence-electron chi connectivity index (χ0n) is 10.8. The summed E-state index contributed by atoms with van der Waals surface area (Å²) in [6.07, 6.45) is 3.39. The lowest BCUT2D eigenvalue weighted by atomic mass is 9.87. The van der Waals surface area contributed by atoms with Crippen molar-refractivity contribution in [2.75, 3.05) is 18.0 Å². The molecule has 2 fully saturated rings. The molecule has 3 rings (SSSR count). The molecule has 1 aromatic rings. The van der Waals surface area contributed by atoms with E-state index in [-0.39, 0.29) is 0 Å². The Morgan fingerprint density at radius 3 is 2.53 bits per heavy atom. The van der Waals surface area contributed by atoms with Crippen LogP contribution in [0.2, 0.25) is 0 Å². The van der Waals surface area contributed by atoms with Crippen LogP contribution in [-0.4, -0.2) is 29.1 Å². The van der Waals surface area contributed by atoms with Gasteiger partial charge in [-0.25, -0.2) is 4.98 Å². The molecule has 2 heterocycles. The van der Waals surface area contributed by atoms with Crippen LogP contribution < -0.4 is 4.90 Å². The van der Waals surface area contributed by atoms with Crippen molar-refractivity contribution in [1.29, 1.82) is 0 Å². The van der Waals surface area contributed by atoms with Gasteiger partial charge in [0, 0.05) is 23.8 Å². The van der Waals surface area contributed by atoms with Gasteiger partial charge in [-0.3, -0.25) is 4.79 Å². The van der Waals surface area contributed by atoms with Crippen LogP contribution in [0, 0.1) is 17.3 Å². The maximum atomic E-state index is 11.3. The molecular weight excluding hydrogens is 308 g/mol. The summed E-state index contributed by atoms with van der Waals surface area (Å²) in [5.74, 6) is 1.34. The van der Waals surface area contributed by atoms with Gasteiger partial charge in [0.2, 0.25) is 0 Å². The molecule has 2 aliphatic rings. The maximum Gasteiger partial charge on any atom is 0.309 e. The first-order valence-electron chi connectivity index (χ1n) is 6.58. The summed E-state index contributed by atoms with van der Waals surface area (Å²) in [7, 11) is 0. The molecule has 19 heavy (non-hydrogen) atoms. The molecule has 0 amide bonds. The predicted molar refractivity (Wildman–Crippen MR) is 76.1 cm³/mol. The maximum absolute atomic E-state index is 11.3. The van der Waals surface area contributed by atoms with Crippen molar-refractivity contribution in [3.05, 3.63) is 22.8 Å². The SMILES string of the molecule is CC1(C(=O)O)C[C@H]2CN(c3ccc(Br)cn3)C[C@H]2C1. The van der Waals surface area contributed by atoms with Gasteiger partial charge in [0.1, 0.15) is 5.82 Å². The Balaban J connectivity index is 1.71. The number of aliphatic carboxylic acids is 1. The van der Waals surface area contributed by atoms with E-state index in [1.54, 1.807) is 0 Å². The molecule has 1 unspecified atom stereocenters. The summed E-state index contributed by atoms with van der Waals surface area (Å²) in [4.78, 5) is 18.0. The molecule has 4 nitrogen and oxygen atoms in total. The minimum absolute atomic E-state index is 0.492. The zero-order chi connectivity index (χ0) is 13.6. The lowest BCUT2D eigenvalue weighted by molar-refractivity contribution is -0.147. The first kappa shape index (κ1) is 12.9. The average Bonchev–Trinajstić information content (AvgIpc) is 2.85. The van der Waals surface area contributed by atoms with Crippen LogP contribution in [0.5, 0.6) is 0 Å². The van der Waals surface area contributed by atoms with Gasteiger partial charge in [-0.05, 0) is 59.7 Å². The molecule has 0 radical (unpaired) electrons. The van der Waals surface area contributed by atoms with Crippen molar-refractivity contribution >= 4 is 27.7 Å². The van der Waals surface area contributed by atoms with E-state index in [0.29, 0.717) is 11.8 Å². The molecule has 1 aromatic heterocycles. The van der Waals surface area contributed by atoms with Crippen LogP contribution in [0.3, 0.4) is 0 Å². The van der Waals surface area contributed by atoms with E-state index >= 15 is 0 Å². The number of carboxylic acids is 1. The van der Waals surface area contributed by atoms with E-state index < -0.39 is 11.4 Å². The third kappa shape index (κ3) is 2.24. The first-order chi connectivity index (χ1) is 8.98. The standard InChI is InChI=1S/C14H17BrN2O2/c1-14(13(18)19)4-9-7-17(8-10(9)5-14)12-3-2-11(15)6-16-12/h2-3,6,9-10H,4-5,7-8H2,1H3,(H,18,19)/t9-,10+,14?. The molecule has 5 heteroatoms. The number of pyridine rings is 1. The second kappa shape index (κ2) is 4.47. The Bertz CT molecular complexity index is 489. The van der Waals surface area contributed by atoms with E-state index in [2.05, 4.69) is 25.8 Å². The Morgan fingerprint density at radius 2 is 2.05 bits per heavy atom. The fourth-order valence-electron chi connectivity index (χ4n) is 3.56. The van der Waals surface area contributed by atoms with Crippen LogP contribution in [-0.2, 0) is 4.79 Å². The van der Waals surface area contributed by atoms with E-state index in [1.807, 2.05) is 25.3 Å². The zero-order valence-corrected chi connectivity index (χ0v) is 12.4. The second-order valence-electron chi connectivity index (χ2n) is 6.03. The lowest BCUT2D eigenvalue weighted by Gasteiger charge is -2.23. The third-order valence-corrected chi connectivity index (χ3v) is 5.02. The minimum atomic E-state index is -0.643. The van der Waals surface area contributed by atoms with Crippen LogP contribution >= 0.6 is 15.9 Å². The van der Waals surface area contributed by atoms with Gasteiger partial charge in [0.25, 0.3) is 0 Å². The molecule has 1 saturated heterocycles. The fraction of sp³-hybridized carbons (Fsp3) is 0.571. The fourth-order valence-corrected chi connectivity index (χ4v) is 3.79. The molecule has 0 spiro atoms. The quantitative estimate of drug-likeness (QED) is 0.908. The monoisotopic (exact) mass is 324 g/mol. The van der Waals surface area contributed by atoms with Crippen molar-refractivity contribution in [2.24, 2.45) is 17.3 Å². The number of aromatic nitrogens is 1. The highest BCUT2D eigenvalue weighted by molar-refractivity contribution is 9.10. The van der Waals surface area contributed by atoms with Gasteiger partial charge in [-0.1, -0.05) is 0 Å².